The number of hydroxylamine groups is 1. The summed E-state index contributed by atoms with van der Waals surface area (Å²) in [4.78, 5) is 84.8. The van der Waals surface area contributed by atoms with E-state index in [9.17, 15) is 29.1 Å². The van der Waals surface area contributed by atoms with Crippen molar-refractivity contribution in [1.82, 2.24) is 36.3 Å². The molecule has 2 aliphatic carbocycles. The van der Waals surface area contributed by atoms with Crippen molar-refractivity contribution in [3.63, 3.8) is 0 Å². The second-order valence-electron chi connectivity index (χ2n) is 16.1. The summed E-state index contributed by atoms with van der Waals surface area (Å²) in [5, 5.41) is 19.9. The monoisotopic (exact) mass is 747 g/mol. The van der Waals surface area contributed by atoms with Gasteiger partial charge >= 0.3 is 0 Å². The first-order valence-corrected chi connectivity index (χ1v) is 19.6. The number of aliphatic hydroxyl groups is 1. The summed E-state index contributed by atoms with van der Waals surface area (Å²) >= 11 is 0. The smallest absolute Gasteiger partial charge is 0.283 e. The molecule has 7 atom stereocenters. The van der Waals surface area contributed by atoms with Crippen LogP contribution in [0.4, 0.5) is 0 Å². The maximum Gasteiger partial charge on any atom is 0.283 e. The number of fused-ring (bicyclic) bond motifs is 1. The highest BCUT2D eigenvalue weighted by Gasteiger charge is 2.51. The molecule has 14 nitrogen and oxygen atoms in total. The van der Waals surface area contributed by atoms with Gasteiger partial charge in [0.2, 0.25) is 17.7 Å². The number of rotatable bonds is 14. The molecular weight excluding hydrogens is 690 g/mol. The van der Waals surface area contributed by atoms with Crippen molar-refractivity contribution in [2.75, 3.05) is 0 Å². The van der Waals surface area contributed by atoms with E-state index in [2.05, 4.69) is 31.4 Å². The van der Waals surface area contributed by atoms with Crippen molar-refractivity contribution in [3.05, 3.63) is 54.6 Å². The summed E-state index contributed by atoms with van der Waals surface area (Å²) in [6, 6.07) is 4.68. The molecule has 0 radical (unpaired) electrons. The van der Waals surface area contributed by atoms with E-state index < -0.39 is 59.3 Å². The normalized spacial score (nSPS) is 22.5. The number of carbonyl (C=O) groups is 5. The highest BCUT2D eigenvalue weighted by Crippen LogP contribution is 2.41. The number of benzene rings is 1. The zero-order valence-corrected chi connectivity index (χ0v) is 32.0. The van der Waals surface area contributed by atoms with Gasteiger partial charge in [0.25, 0.3) is 11.8 Å². The average molecular weight is 748 g/mol. The molecule has 2 aromatic rings. The van der Waals surface area contributed by atoms with Gasteiger partial charge in [-0.2, -0.15) is 5.48 Å². The van der Waals surface area contributed by atoms with Gasteiger partial charge in [-0.15, -0.1) is 0 Å². The van der Waals surface area contributed by atoms with Gasteiger partial charge in [0.05, 0.1) is 12.2 Å². The van der Waals surface area contributed by atoms with Crippen LogP contribution in [0.5, 0.6) is 5.75 Å². The van der Waals surface area contributed by atoms with E-state index >= 15 is 0 Å². The molecule has 3 aliphatic rings. The molecule has 2 saturated carbocycles. The van der Waals surface area contributed by atoms with E-state index in [1.165, 1.54) is 18.6 Å². The van der Waals surface area contributed by atoms with Crippen molar-refractivity contribution in [3.8, 4) is 5.75 Å². The lowest BCUT2D eigenvalue weighted by molar-refractivity contribution is -0.147. The first kappa shape index (κ1) is 40.6. The Morgan fingerprint density at radius 2 is 1.61 bits per heavy atom. The molecule has 3 unspecified atom stereocenters. The van der Waals surface area contributed by atoms with Crippen molar-refractivity contribution >= 4 is 29.5 Å². The van der Waals surface area contributed by atoms with Gasteiger partial charge in [0, 0.05) is 18.4 Å². The minimum Gasteiger partial charge on any atom is -0.381 e. The fourth-order valence-corrected chi connectivity index (χ4v) is 8.28. The molecule has 1 aromatic carbocycles. The summed E-state index contributed by atoms with van der Waals surface area (Å²) < 4.78 is 0. The van der Waals surface area contributed by atoms with E-state index in [-0.39, 0.29) is 29.5 Å². The third kappa shape index (κ3) is 10.1. The topological polar surface area (TPSA) is 192 Å². The van der Waals surface area contributed by atoms with Crippen LogP contribution in [0.1, 0.15) is 115 Å². The Kier molecular flexibility index (Phi) is 14.0. The van der Waals surface area contributed by atoms with Crippen molar-refractivity contribution in [2.24, 2.45) is 17.3 Å². The van der Waals surface area contributed by atoms with Gasteiger partial charge in [-0.25, -0.2) is 4.98 Å². The van der Waals surface area contributed by atoms with Gasteiger partial charge in [-0.3, -0.25) is 29.0 Å². The van der Waals surface area contributed by atoms with E-state index in [1.54, 1.807) is 35.2 Å². The zero-order valence-electron chi connectivity index (χ0n) is 32.0. The Balaban J connectivity index is 1.35. The third-order valence-electron chi connectivity index (χ3n) is 11.1. The molecule has 0 bridgehead atoms. The van der Waals surface area contributed by atoms with E-state index in [0.29, 0.717) is 25.0 Å². The number of aliphatic hydroxyl groups excluding tert-OH is 1. The second kappa shape index (κ2) is 18.6. The van der Waals surface area contributed by atoms with Crippen LogP contribution in [0, 0.1) is 17.3 Å². The number of hydrogen-bond acceptors (Lipinski definition) is 9. The van der Waals surface area contributed by atoms with Crippen LogP contribution in [0.2, 0.25) is 0 Å². The Morgan fingerprint density at radius 1 is 0.907 bits per heavy atom. The van der Waals surface area contributed by atoms with Crippen molar-refractivity contribution in [2.45, 2.75) is 141 Å². The average Bonchev–Trinajstić information content (AvgIpc) is 3.58. The lowest BCUT2D eigenvalue weighted by Crippen LogP contribution is -2.63. The summed E-state index contributed by atoms with van der Waals surface area (Å²) in [7, 11) is 0. The molecule has 3 fully saturated rings. The van der Waals surface area contributed by atoms with Crippen LogP contribution in [-0.4, -0.2) is 85.8 Å². The third-order valence-corrected chi connectivity index (χ3v) is 11.1. The fraction of sp³-hybridized carbons (Fsp3) is 0.625. The second-order valence-corrected chi connectivity index (χ2v) is 16.1. The van der Waals surface area contributed by atoms with Gasteiger partial charge < -0.3 is 30.8 Å². The molecule has 1 aliphatic heterocycles. The predicted molar refractivity (Wildman–Crippen MR) is 200 cm³/mol. The summed E-state index contributed by atoms with van der Waals surface area (Å²) in [6.07, 6.45) is 11.8. The minimum atomic E-state index is -1.61. The summed E-state index contributed by atoms with van der Waals surface area (Å²) in [5.41, 5.74) is 1.61. The van der Waals surface area contributed by atoms with Crippen LogP contribution in [0.25, 0.3) is 0 Å². The Labute approximate surface area is 317 Å². The molecule has 54 heavy (non-hydrogen) atoms. The van der Waals surface area contributed by atoms with Gasteiger partial charge in [-0.1, -0.05) is 84.4 Å². The number of nitrogens with one attached hydrogen (secondary N) is 4. The highest BCUT2D eigenvalue weighted by molar-refractivity contribution is 5.98. The number of likely N-dealkylation sites (tertiary alicyclic amines) is 1. The molecule has 5 rings (SSSR count). The van der Waals surface area contributed by atoms with Crippen molar-refractivity contribution < 1.29 is 33.9 Å². The van der Waals surface area contributed by atoms with Crippen LogP contribution >= 0.6 is 0 Å². The van der Waals surface area contributed by atoms with E-state index in [4.69, 9.17) is 4.84 Å². The summed E-state index contributed by atoms with van der Waals surface area (Å²) in [5.74, 6) is -2.25. The minimum absolute atomic E-state index is 0.0909. The van der Waals surface area contributed by atoms with E-state index in [0.717, 1.165) is 57.8 Å². The number of amides is 5. The highest BCUT2D eigenvalue weighted by atomic mass is 16.7. The van der Waals surface area contributed by atoms with Gasteiger partial charge in [-0.05, 0) is 67.9 Å². The molecule has 5 amide bonds. The maximum absolute atomic E-state index is 14.9. The fourth-order valence-electron chi connectivity index (χ4n) is 8.28. The Morgan fingerprint density at radius 3 is 2.28 bits per heavy atom. The molecule has 294 valence electrons. The molecular formula is C40H57N7O7. The predicted octanol–water partition coefficient (Wildman–Crippen LogP) is 3.60. The Hall–Kier alpha value is -4.59. The number of aromatic nitrogens is 2. The number of carbonyl (C=O) groups excluding carboxylic acids is 5. The first-order chi connectivity index (χ1) is 25.9. The molecule has 1 aromatic heterocycles. The maximum atomic E-state index is 14.9. The van der Waals surface area contributed by atoms with Gasteiger partial charge in [0.15, 0.2) is 11.9 Å². The number of para-hydroxylation sites is 1. The molecule has 1 saturated heterocycles. The standard InChI is InChI=1S/C40H57N7O7/c1-5-14-28(33(48)38(52)46-54-27-18-10-7-11-19-27)43-36(50)31-23-26-17-12-13-20-30(26)47(31)39(53)34(40(2,3)4)45-37(51)32(25-15-8-6-9-16-25)44-35(49)29-24-41-21-22-42-29/h7,10-11,18-19,21-22,24-26,28,30-34,48H,5-6,8-9,12-17,20,23H2,1-4H3,(H,43,50)(H,44,49)(H,45,51)(H,46,52)/t26?,28-,30?,31-,32-,33?,34+/m0/s1. The van der Waals surface area contributed by atoms with E-state index in [1.807, 2.05) is 27.7 Å². The molecule has 2 heterocycles. The Bertz CT molecular complexity index is 1580. The first-order valence-electron chi connectivity index (χ1n) is 19.6. The van der Waals surface area contributed by atoms with Crippen LogP contribution in [0.15, 0.2) is 48.9 Å². The summed E-state index contributed by atoms with van der Waals surface area (Å²) in [6.45, 7) is 7.50. The lowest BCUT2D eigenvalue weighted by Gasteiger charge is -2.40. The molecule has 14 heteroatoms. The molecule has 0 spiro atoms. The van der Waals surface area contributed by atoms with Crippen molar-refractivity contribution in [1.29, 1.82) is 0 Å². The molecule has 5 N–H and O–H groups in total. The van der Waals surface area contributed by atoms with Crippen LogP contribution in [0.3, 0.4) is 0 Å². The van der Waals surface area contributed by atoms with Gasteiger partial charge in [0.1, 0.15) is 23.8 Å². The number of hydrogen-bond donors (Lipinski definition) is 5. The van der Waals surface area contributed by atoms with Crippen LogP contribution in [-0.2, 0) is 19.2 Å². The van der Waals surface area contributed by atoms with Crippen LogP contribution < -0.4 is 26.3 Å². The lowest BCUT2D eigenvalue weighted by atomic mass is 9.81. The number of nitrogens with zero attached hydrogens (tertiary/aromatic N) is 3. The largest absolute Gasteiger partial charge is 0.381 e. The zero-order chi connectivity index (χ0) is 38.8. The SMILES string of the molecule is CCC[C@H](NC(=O)[C@@H]1CC2CCCCC2N1C(=O)[C@@H](NC(=O)[C@@H](NC(=O)c1cnccn1)C1CCCCC1)C(C)(C)C)C(O)C(=O)NOc1ccccc1. The quantitative estimate of drug-likeness (QED) is 0.180.